The molecule has 0 heterocycles. The van der Waals surface area contributed by atoms with Crippen LogP contribution >= 0.6 is 12.6 Å². The number of hydrogen-bond donors (Lipinski definition) is 1. The van der Waals surface area contributed by atoms with Crippen LogP contribution in [0.25, 0.3) is 0 Å². The van der Waals surface area contributed by atoms with E-state index in [1.54, 1.807) is 12.1 Å². The predicted octanol–water partition coefficient (Wildman–Crippen LogP) is 4.11. The Morgan fingerprint density at radius 2 is 1.76 bits per heavy atom. The smallest absolute Gasteiger partial charge is 0.216 e. The standard InChI is InChI=1S/C14H20O2S/c1-2-3-4-5-6-11-16-13-9-7-12(8-10-13)14(15)17/h7-10H,2-6,11H2,1H3,(H,15,17). The monoisotopic (exact) mass is 252 g/mol. The van der Waals surface area contributed by atoms with Crippen LogP contribution in [0.15, 0.2) is 24.3 Å². The molecule has 0 aliphatic carbocycles. The highest BCUT2D eigenvalue weighted by atomic mass is 32.1. The van der Waals surface area contributed by atoms with Gasteiger partial charge < -0.3 is 4.74 Å². The molecule has 0 N–H and O–H groups in total. The highest BCUT2D eigenvalue weighted by Crippen LogP contribution is 2.14. The molecule has 0 aromatic heterocycles. The Balaban J connectivity index is 2.21. The molecule has 17 heavy (non-hydrogen) atoms. The van der Waals surface area contributed by atoms with Crippen molar-refractivity contribution in [1.82, 2.24) is 0 Å². The van der Waals surface area contributed by atoms with Gasteiger partial charge in [0, 0.05) is 5.56 Å². The van der Waals surface area contributed by atoms with Crippen molar-refractivity contribution in [3.63, 3.8) is 0 Å². The van der Waals surface area contributed by atoms with Crippen molar-refractivity contribution >= 4 is 17.7 Å². The zero-order valence-electron chi connectivity index (χ0n) is 10.3. The third-order valence-electron chi connectivity index (χ3n) is 2.62. The highest BCUT2D eigenvalue weighted by molar-refractivity contribution is 7.97. The Labute approximate surface area is 109 Å². The summed E-state index contributed by atoms with van der Waals surface area (Å²) in [5, 5.41) is -0.212. The van der Waals surface area contributed by atoms with E-state index in [1.165, 1.54) is 25.7 Å². The molecule has 0 saturated heterocycles. The van der Waals surface area contributed by atoms with Gasteiger partial charge in [-0.2, -0.15) is 0 Å². The van der Waals surface area contributed by atoms with Crippen LogP contribution < -0.4 is 4.74 Å². The zero-order valence-corrected chi connectivity index (χ0v) is 11.2. The quantitative estimate of drug-likeness (QED) is 0.557. The van der Waals surface area contributed by atoms with E-state index in [9.17, 15) is 4.79 Å². The van der Waals surface area contributed by atoms with Crippen LogP contribution in [0.4, 0.5) is 0 Å². The second-order valence-electron chi connectivity index (χ2n) is 4.09. The lowest BCUT2D eigenvalue weighted by Gasteiger charge is -2.06. The van der Waals surface area contributed by atoms with Gasteiger partial charge in [0.25, 0.3) is 0 Å². The van der Waals surface area contributed by atoms with E-state index in [1.807, 2.05) is 12.1 Å². The Kier molecular flexibility index (Phi) is 6.78. The first kappa shape index (κ1) is 14.1. The number of carbonyl (C=O) groups excluding carboxylic acids is 1. The van der Waals surface area contributed by atoms with Gasteiger partial charge >= 0.3 is 0 Å². The van der Waals surface area contributed by atoms with Crippen molar-refractivity contribution < 1.29 is 9.53 Å². The Morgan fingerprint density at radius 3 is 2.35 bits per heavy atom. The van der Waals surface area contributed by atoms with Gasteiger partial charge in [-0.05, 0) is 30.7 Å². The minimum absolute atomic E-state index is 0.212. The van der Waals surface area contributed by atoms with E-state index < -0.39 is 0 Å². The molecule has 0 amide bonds. The van der Waals surface area contributed by atoms with E-state index in [0.717, 1.165) is 18.8 Å². The average Bonchev–Trinajstić information content (AvgIpc) is 2.34. The summed E-state index contributed by atoms with van der Waals surface area (Å²) in [5.74, 6) is 0.818. The second-order valence-corrected chi connectivity index (χ2v) is 4.50. The lowest BCUT2D eigenvalue weighted by molar-refractivity contribution is 0.109. The maximum atomic E-state index is 10.9. The molecule has 0 saturated carbocycles. The van der Waals surface area contributed by atoms with Crippen LogP contribution in [0.5, 0.6) is 5.75 Å². The molecule has 0 bridgehead atoms. The van der Waals surface area contributed by atoms with Crippen molar-refractivity contribution in [3.8, 4) is 5.75 Å². The Bertz CT molecular complexity index is 333. The summed E-state index contributed by atoms with van der Waals surface area (Å²) in [4.78, 5) is 10.9. The summed E-state index contributed by atoms with van der Waals surface area (Å²) in [5.41, 5.74) is 0.601. The van der Waals surface area contributed by atoms with Crippen LogP contribution in [0.2, 0.25) is 0 Å². The van der Waals surface area contributed by atoms with Crippen molar-refractivity contribution in [3.05, 3.63) is 29.8 Å². The van der Waals surface area contributed by atoms with Crippen LogP contribution in [0, 0.1) is 0 Å². The van der Waals surface area contributed by atoms with E-state index in [2.05, 4.69) is 19.6 Å². The summed E-state index contributed by atoms with van der Waals surface area (Å²) in [6, 6.07) is 7.11. The van der Waals surface area contributed by atoms with Gasteiger partial charge in [0.15, 0.2) is 0 Å². The average molecular weight is 252 g/mol. The first-order chi connectivity index (χ1) is 8.24. The maximum Gasteiger partial charge on any atom is 0.216 e. The molecule has 0 radical (unpaired) electrons. The molecule has 0 unspecified atom stereocenters. The molecule has 1 aromatic carbocycles. The minimum Gasteiger partial charge on any atom is -0.494 e. The first-order valence-electron chi connectivity index (χ1n) is 6.20. The molecule has 0 spiro atoms. The fourth-order valence-corrected chi connectivity index (χ4v) is 1.74. The van der Waals surface area contributed by atoms with Crippen molar-refractivity contribution in [2.45, 2.75) is 39.0 Å². The van der Waals surface area contributed by atoms with E-state index in [4.69, 9.17) is 4.74 Å². The summed E-state index contributed by atoms with van der Waals surface area (Å²) in [7, 11) is 0. The molecule has 2 nitrogen and oxygen atoms in total. The number of ether oxygens (including phenoxy) is 1. The van der Waals surface area contributed by atoms with Gasteiger partial charge in [-0.3, -0.25) is 4.79 Å². The number of carbonyl (C=O) groups is 1. The molecular formula is C14H20O2S. The fourth-order valence-electron chi connectivity index (χ4n) is 1.59. The number of unbranched alkanes of at least 4 members (excludes halogenated alkanes) is 4. The van der Waals surface area contributed by atoms with Crippen LogP contribution in [-0.2, 0) is 0 Å². The van der Waals surface area contributed by atoms with E-state index >= 15 is 0 Å². The minimum atomic E-state index is -0.212. The molecule has 94 valence electrons. The molecule has 1 aromatic rings. The van der Waals surface area contributed by atoms with Gasteiger partial charge in [0.05, 0.1) is 6.61 Å². The lowest BCUT2D eigenvalue weighted by Crippen LogP contribution is -1.97. The summed E-state index contributed by atoms with van der Waals surface area (Å²) < 4.78 is 5.58. The normalized spacial score (nSPS) is 10.2. The third kappa shape index (κ3) is 5.78. The summed E-state index contributed by atoms with van der Waals surface area (Å²) in [6.45, 7) is 2.96. The van der Waals surface area contributed by atoms with Crippen LogP contribution in [-0.4, -0.2) is 11.7 Å². The topological polar surface area (TPSA) is 26.3 Å². The van der Waals surface area contributed by atoms with E-state index in [-0.39, 0.29) is 5.12 Å². The van der Waals surface area contributed by atoms with Crippen LogP contribution in [0.3, 0.4) is 0 Å². The lowest BCUT2D eigenvalue weighted by atomic mass is 10.2. The summed E-state index contributed by atoms with van der Waals surface area (Å²) >= 11 is 3.76. The maximum absolute atomic E-state index is 10.9. The predicted molar refractivity (Wildman–Crippen MR) is 74.0 cm³/mol. The van der Waals surface area contributed by atoms with Crippen molar-refractivity contribution in [2.24, 2.45) is 0 Å². The molecule has 0 aliphatic heterocycles. The molecular weight excluding hydrogens is 232 g/mol. The Morgan fingerprint density at radius 1 is 1.12 bits per heavy atom. The highest BCUT2D eigenvalue weighted by Gasteiger charge is 2.00. The van der Waals surface area contributed by atoms with Gasteiger partial charge in [-0.15, -0.1) is 12.6 Å². The number of benzene rings is 1. The largest absolute Gasteiger partial charge is 0.494 e. The second kappa shape index (κ2) is 8.18. The fraction of sp³-hybridized carbons (Fsp3) is 0.500. The molecule has 3 heteroatoms. The van der Waals surface area contributed by atoms with E-state index in [0.29, 0.717) is 5.56 Å². The zero-order chi connectivity index (χ0) is 12.5. The molecule has 0 atom stereocenters. The van der Waals surface area contributed by atoms with Gasteiger partial charge in [-0.1, -0.05) is 32.6 Å². The van der Waals surface area contributed by atoms with Crippen molar-refractivity contribution in [1.29, 1.82) is 0 Å². The Hall–Kier alpha value is -0.960. The van der Waals surface area contributed by atoms with Gasteiger partial charge in [0.2, 0.25) is 5.12 Å². The first-order valence-corrected chi connectivity index (χ1v) is 6.65. The van der Waals surface area contributed by atoms with Crippen LogP contribution in [0.1, 0.15) is 49.4 Å². The SMILES string of the molecule is CCCCCCCOc1ccc(C(=O)S)cc1. The number of hydrogen-bond acceptors (Lipinski definition) is 2. The number of rotatable bonds is 8. The summed E-state index contributed by atoms with van der Waals surface area (Å²) in [6.07, 6.45) is 6.17. The number of thiol groups is 1. The van der Waals surface area contributed by atoms with Crippen molar-refractivity contribution in [2.75, 3.05) is 6.61 Å². The molecule has 0 aliphatic rings. The van der Waals surface area contributed by atoms with Gasteiger partial charge in [0.1, 0.15) is 5.75 Å². The third-order valence-corrected chi connectivity index (χ3v) is 2.88. The van der Waals surface area contributed by atoms with Gasteiger partial charge in [-0.25, -0.2) is 0 Å². The molecule has 1 rings (SSSR count). The molecule has 0 fully saturated rings.